The molecule has 0 bridgehead atoms. The molecule has 2 aromatic rings. The van der Waals surface area contributed by atoms with Crippen LogP contribution >= 0.6 is 23.2 Å². The number of nitrogens with zero attached hydrogens (tertiary/aromatic N) is 1. The van der Waals surface area contributed by atoms with Crippen LogP contribution in [0.25, 0.3) is 5.76 Å². The molecule has 0 unspecified atom stereocenters. The zero-order valence-corrected chi connectivity index (χ0v) is 13.4. The Balaban J connectivity index is 2.38. The number of pyridine rings is 1. The lowest BCUT2D eigenvalue weighted by Crippen LogP contribution is -2.08. The van der Waals surface area contributed by atoms with Gasteiger partial charge < -0.3 is 20.7 Å². The second-order valence-electron chi connectivity index (χ2n) is 4.64. The molecular weight excluding hydrogens is 346 g/mol. The Bertz CT molecular complexity index is 769. The number of benzene rings is 1. The van der Waals surface area contributed by atoms with E-state index in [1.54, 1.807) is 6.92 Å². The summed E-state index contributed by atoms with van der Waals surface area (Å²) in [5, 5.41) is 18.4. The third-order valence-electron chi connectivity index (χ3n) is 3.09. The summed E-state index contributed by atoms with van der Waals surface area (Å²) in [7, 11) is 0. The Labute approximate surface area is 141 Å². The molecule has 0 saturated carbocycles. The molecule has 0 radical (unpaired) electrons. The molecule has 2 rings (SSSR count). The third-order valence-corrected chi connectivity index (χ3v) is 3.80. The molecule has 0 aliphatic rings. The molecule has 0 fully saturated rings. The highest BCUT2D eigenvalue weighted by Gasteiger charge is 2.20. The highest BCUT2D eigenvalue weighted by molar-refractivity contribution is 6.36. The van der Waals surface area contributed by atoms with Crippen molar-refractivity contribution in [1.29, 1.82) is 0 Å². The van der Waals surface area contributed by atoms with Gasteiger partial charge in [0.05, 0.1) is 5.02 Å². The maximum atomic E-state index is 13.6. The Kier molecular flexibility index (Phi) is 5.18. The minimum atomic E-state index is -0.731. The predicted molar refractivity (Wildman–Crippen MR) is 87.3 cm³/mol. The monoisotopic (exact) mass is 358 g/mol. The number of hydrogen-bond donors (Lipinski definition) is 3. The first kappa shape index (κ1) is 17.2. The predicted octanol–water partition coefficient (Wildman–Crippen LogP) is 4.66. The number of hydrogen-bond acceptors (Lipinski definition) is 5. The topological polar surface area (TPSA) is 88.6 Å². The summed E-state index contributed by atoms with van der Waals surface area (Å²) in [6.45, 7) is 1.61. The van der Waals surface area contributed by atoms with Gasteiger partial charge in [-0.15, -0.1) is 0 Å². The number of rotatable bonds is 4. The van der Waals surface area contributed by atoms with Gasteiger partial charge in [0.2, 0.25) is 0 Å². The normalized spacial score (nSPS) is 13.0. The quantitative estimate of drug-likeness (QED) is 0.546. The number of nitrogens with two attached hydrogens (primary N) is 1. The highest BCUT2D eigenvalue weighted by atomic mass is 35.5. The van der Waals surface area contributed by atoms with E-state index in [4.69, 9.17) is 38.8 Å². The fraction of sp³-hybridized carbons (Fsp3) is 0.133. The van der Waals surface area contributed by atoms with Gasteiger partial charge in [-0.2, -0.15) is 0 Å². The average molecular weight is 359 g/mol. The first-order chi connectivity index (χ1) is 10.8. The van der Waals surface area contributed by atoms with Crippen molar-refractivity contribution in [1.82, 2.24) is 4.98 Å². The SMILES string of the molecule is C[C@@H](Oc1cc(C(O)=CO)cnc1N)c1c(Cl)ccc(F)c1Cl. The molecule has 0 aliphatic carbocycles. The standard InChI is InChI=1S/C15H13Cl2FN2O3/c1-7(13-9(16)2-3-10(18)14(13)17)23-12-4-8(11(22)6-21)5-20-15(12)19/h2-7,21-22H,1H3,(H2,19,20)/t7-/m1/s1. The van der Waals surface area contributed by atoms with E-state index in [1.165, 1.54) is 18.3 Å². The van der Waals surface area contributed by atoms with Crippen LogP contribution in [-0.4, -0.2) is 15.2 Å². The van der Waals surface area contributed by atoms with Gasteiger partial charge in [-0.25, -0.2) is 9.37 Å². The Morgan fingerprint density at radius 3 is 2.78 bits per heavy atom. The molecule has 0 aliphatic heterocycles. The number of aliphatic hydroxyl groups is 2. The van der Waals surface area contributed by atoms with Crippen LogP contribution in [0.15, 0.2) is 30.7 Å². The fourth-order valence-electron chi connectivity index (χ4n) is 1.93. The molecule has 1 heterocycles. The molecule has 23 heavy (non-hydrogen) atoms. The first-order valence-corrected chi connectivity index (χ1v) is 7.20. The van der Waals surface area contributed by atoms with Crippen LogP contribution in [0.2, 0.25) is 10.0 Å². The molecule has 1 aromatic carbocycles. The van der Waals surface area contributed by atoms with Crippen LogP contribution in [0.1, 0.15) is 24.2 Å². The molecule has 0 amide bonds. The molecule has 5 nitrogen and oxygen atoms in total. The van der Waals surface area contributed by atoms with Gasteiger partial charge in [0.25, 0.3) is 0 Å². The van der Waals surface area contributed by atoms with E-state index < -0.39 is 17.7 Å². The molecular formula is C15H13Cl2FN2O3. The lowest BCUT2D eigenvalue weighted by molar-refractivity contribution is 0.227. The van der Waals surface area contributed by atoms with E-state index in [9.17, 15) is 9.50 Å². The van der Waals surface area contributed by atoms with Crippen molar-refractivity contribution >= 4 is 34.8 Å². The lowest BCUT2D eigenvalue weighted by Gasteiger charge is -2.19. The molecule has 1 aromatic heterocycles. The van der Waals surface area contributed by atoms with Crippen LogP contribution in [0.5, 0.6) is 5.75 Å². The van der Waals surface area contributed by atoms with Crippen LogP contribution < -0.4 is 10.5 Å². The van der Waals surface area contributed by atoms with E-state index in [0.29, 0.717) is 6.26 Å². The van der Waals surface area contributed by atoms with Gasteiger partial charge >= 0.3 is 0 Å². The van der Waals surface area contributed by atoms with E-state index in [-0.39, 0.29) is 32.7 Å². The zero-order valence-electron chi connectivity index (χ0n) is 11.9. The van der Waals surface area contributed by atoms with Gasteiger partial charge in [0.1, 0.15) is 18.2 Å². The van der Waals surface area contributed by atoms with Crippen molar-refractivity contribution < 1.29 is 19.3 Å². The van der Waals surface area contributed by atoms with Crippen molar-refractivity contribution in [3.63, 3.8) is 0 Å². The molecule has 8 heteroatoms. The van der Waals surface area contributed by atoms with Crippen LogP contribution in [0.3, 0.4) is 0 Å². The summed E-state index contributed by atoms with van der Waals surface area (Å²) in [6, 6.07) is 3.90. The number of nitrogen functional groups attached to an aromatic ring is 1. The largest absolute Gasteiger partial charge is 0.512 e. The van der Waals surface area contributed by atoms with Gasteiger partial charge in [-0.05, 0) is 25.1 Å². The van der Waals surface area contributed by atoms with Crippen molar-refractivity contribution in [3.8, 4) is 5.75 Å². The lowest BCUT2D eigenvalue weighted by atomic mass is 10.1. The van der Waals surface area contributed by atoms with Crippen LogP contribution in [0, 0.1) is 5.82 Å². The summed E-state index contributed by atoms with van der Waals surface area (Å²) >= 11 is 12.0. The number of aromatic nitrogens is 1. The van der Waals surface area contributed by atoms with Gasteiger partial charge in [0, 0.05) is 22.3 Å². The maximum Gasteiger partial charge on any atom is 0.166 e. The summed E-state index contributed by atoms with van der Waals surface area (Å²) < 4.78 is 19.2. The minimum Gasteiger partial charge on any atom is -0.512 e. The first-order valence-electron chi connectivity index (χ1n) is 6.44. The minimum absolute atomic E-state index is 0.0509. The van der Waals surface area contributed by atoms with Crippen molar-refractivity contribution in [2.75, 3.05) is 5.73 Å². The van der Waals surface area contributed by atoms with Crippen LogP contribution in [-0.2, 0) is 0 Å². The molecule has 1 atom stereocenters. The van der Waals surface area contributed by atoms with E-state index >= 15 is 0 Å². The fourth-order valence-corrected chi connectivity index (χ4v) is 2.61. The van der Waals surface area contributed by atoms with Crippen molar-refractivity contribution in [2.45, 2.75) is 13.0 Å². The second kappa shape index (κ2) is 6.93. The average Bonchev–Trinajstić information content (AvgIpc) is 2.52. The van der Waals surface area contributed by atoms with E-state index in [1.807, 2.05) is 0 Å². The third kappa shape index (κ3) is 3.60. The number of halogens is 3. The number of aliphatic hydroxyl groups excluding tert-OH is 2. The summed E-state index contributed by atoms with van der Waals surface area (Å²) in [6.07, 6.45) is 1.04. The van der Waals surface area contributed by atoms with E-state index in [2.05, 4.69) is 4.98 Å². The highest BCUT2D eigenvalue weighted by Crippen LogP contribution is 2.36. The Morgan fingerprint density at radius 2 is 2.13 bits per heavy atom. The molecule has 0 spiro atoms. The smallest absolute Gasteiger partial charge is 0.166 e. The van der Waals surface area contributed by atoms with Gasteiger partial charge in [-0.1, -0.05) is 23.2 Å². The Hall–Kier alpha value is -2.18. The summed E-state index contributed by atoms with van der Waals surface area (Å²) in [5.74, 6) is -0.853. The molecule has 4 N–H and O–H groups in total. The van der Waals surface area contributed by atoms with Crippen molar-refractivity contribution in [2.24, 2.45) is 0 Å². The maximum absolute atomic E-state index is 13.6. The van der Waals surface area contributed by atoms with Crippen molar-refractivity contribution in [3.05, 3.63) is 57.6 Å². The molecule has 122 valence electrons. The van der Waals surface area contributed by atoms with E-state index in [0.717, 1.165) is 6.07 Å². The van der Waals surface area contributed by atoms with Gasteiger partial charge in [0.15, 0.2) is 17.3 Å². The Morgan fingerprint density at radius 1 is 1.43 bits per heavy atom. The number of ether oxygens (including phenoxy) is 1. The van der Waals surface area contributed by atoms with Gasteiger partial charge in [-0.3, -0.25) is 0 Å². The summed E-state index contributed by atoms with van der Waals surface area (Å²) in [5.41, 5.74) is 6.18. The second-order valence-corrected chi connectivity index (χ2v) is 5.42. The summed E-state index contributed by atoms with van der Waals surface area (Å²) in [4.78, 5) is 3.86. The zero-order chi connectivity index (χ0) is 17.1. The number of anilines is 1. The molecule has 0 saturated heterocycles. The van der Waals surface area contributed by atoms with Crippen LogP contribution in [0.4, 0.5) is 10.2 Å².